The number of primary amides is 1. The average Bonchev–Trinajstić information content (AvgIpc) is 3.39. The van der Waals surface area contributed by atoms with E-state index in [1.807, 2.05) is 7.05 Å². The largest absolute Gasteiger partial charge is 0.464 e. The highest BCUT2D eigenvalue weighted by Crippen LogP contribution is 2.48. The lowest BCUT2D eigenvalue weighted by Gasteiger charge is -2.51. The third-order valence-corrected chi connectivity index (χ3v) is 9.03. The summed E-state index contributed by atoms with van der Waals surface area (Å²) in [5.74, 6) is -0.00662. The Morgan fingerprint density at radius 2 is 2.05 bits per heavy atom. The maximum atomic E-state index is 14.9. The van der Waals surface area contributed by atoms with Gasteiger partial charge in [0.25, 0.3) is 0 Å². The topological polar surface area (TPSA) is 101 Å². The number of carbonyl (C=O) groups excluding carboxylic acids is 1. The van der Waals surface area contributed by atoms with E-state index in [0.29, 0.717) is 48.4 Å². The first-order valence-electron chi connectivity index (χ1n) is 14.5. The molecule has 2 amide bonds. The number of methoxy groups -OCH3 is 1. The number of ether oxygens (including phenoxy) is 1. The van der Waals surface area contributed by atoms with Gasteiger partial charge in [0.15, 0.2) is 0 Å². The number of likely N-dealkylation sites (tertiary alicyclic amines) is 1. The van der Waals surface area contributed by atoms with Gasteiger partial charge in [-0.2, -0.15) is 0 Å². The normalized spacial score (nSPS) is 23.4. The van der Waals surface area contributed by atoms with E-state index in [1.165, 1.54) is 44.2 Å². The van der Waals surface area contributed by atoms with E-state index in [-0.39, 0.29) is 17.9 Å². The highest BCUT2D eigenvalue weighted by atomic mass is 19.1. The summed E-state index contributed by atoms with van der Waals surface area (Å²) in [7, 11) is 3.61. The Hall–Kier alpha value is -2.16. The van der Waals surface area contributed by atoms with Crippen molar-refractivity contribution in [1.29, 1.82) is 0 Å². The van der Waals surface area contributed by atoms with E-state index in [9.17, 15) is 14.3 Å². The van der Waals surface area contributed by atoms with Crippen LogP contribution in [-0.4, -0.2) is 55.9 Å². The zero-order valence-corrected chi connectivity index (χ0v) is 23.1. The highest BCUT2D eigenvalue weighted by molar-refractivity contribution is 5.81. The second-order valence-corrected chi connectivity index (χ2v) is 11.5. The second-order valence-electron chi connectivity index (χ2n) is 11.5. The smallest absolute Gasteiger partial charge is 0.315 e. The number of halogens is 1. The molecule has 1 aromatic carbocycles. The maximum Gasteiger partial charge on any atom is 0.315 e. The number of aliphatic hydroxyl groups is 1. The predicted molar refractivity (Wildman–Crippen MR) is 147 cm³/mol. The van der Waals surface area contributed by atoms with Crippen LogP contribution in [0.2, 0.25) is 0 Å². The molecule has 4 rings (SSSR count). The number of piperidine rings is 1. The fourth-order valence-corrected chi connectivity index (χ4v) is 7.36. The number of nitrogens with one attached hydrogen (secondary N) is 1. The van der Waals surface area contributed by atoms with Gasteiger partial charge in [-0.15, -0.1) is 0 Å². The summed E-state index contributed by atoms with van der Waals surface area (Å²) >= 11 is 0. The van der Waals surface area contributed by atoms with Crippen molar-refractivity contribution in [3.8, 4) is 0 Å². The monoisotopic (exact) mass is 531 g/mol. The minimum atomic E-state index is -1.40. The molecule has 2 aliphatic rings. The number of benzene rings is 1. The molecule has 1 aromatic heterocycles. The third kappa shape index (κ3) is 6.35. The molecule has 1 saturated heterocycles. The van der Waals surface area contributed by atoms with E-state index in [4.69, 9.17) is 14.9 Å². The lowest BCUT2D eigenvalue weighted by atomic mass is 9.65. The third-order valence-electron chi connectivity index (χ3n) is 9.03. The van der Waals surface area contributed by atoms with Gasteiger partial charge in [0.1, 0.15) is 11.4 Å². The van der Waals surface area contributed by atoms with Crippen molar-refractivity contribution >= 4 is 17.0 Å². The van der Waals surface area contributed by atoms with E-state index in [0.717, 1.165) is 32.2 Å². The summed E-state index contributed by atoms with van der Waals surface area (Å²) in [5, 5.41) is 16.8. The lowest BCUT2D eigenvalue weighted by Crippen LogP contribution is -2.60. The standard InChI is InChI=1S/C30H46FN3O4/c1-33-20-23(17-21-9-4-3-5-10-21)27-25(11-8-14-34(27)29(32)35)30(36,13-6-7-15-37-2)26-19-24(31)18-22-12-16-38-28(22)26/h12,16,18-19,21,23,25,27,33,36H,3-11,13-15,17,20H2,1-2H3,(H2,32,35)/t23-,25?,27?,30-/m0/s1. The number of nitrogens with two attached hydrogens (primary N) is 1. The number of nitrogens with zero attached hydrogens (tertiary/aromatic N) is 1. The van der Waals surface area contributed by atoms with Crippen molar-refractivity contribution in [2.75, 3.05) is 33.9 Å². The number of furan rings is 1. The second kappa shape index (κ2) is 13.3. The van der Waals surface area contributed by atoms with Crippen LogP contribution in [0.25, 0.3) is 11.0 Å². The number of amides is 2. The van der Waals surface area contributed by atoms with Crippen LogP contribution < -0.4 is 11.1 Å². The Morgan fingerprint density at radius 1 is 1.26 bits per heavy atom. The van der Waals surface area contributed by atoms with Gasteiger partial charge in [-0.05, 0) is 82.2 Å². The van der Waals surface area contributed by atoms with Crippen molar-refractivity contribution in [2.24, 2.45) is 23.5 Å². The van der Waals surface area contributed by atoms with Crippen LogP contribution in [0.5, 0.6) is 0 Å². The Labute approximate surface area is 226 Å². The fourth-order valence-electron chi connectivity index (χ4n) is 7.36. The van der Waals surface area contributed by atoms with E-state index in [1.54, 1.807) is 24.3 Å². The number of urea groups is 1. The van der Waals surface area contributed by atoms with E-state index in [2.05, 4.69) is 5.32 Å². The quantitative estimate of drug-likeness (QED) is 0.312. The van der Waals surface area contributed by atoms with Crippen LogP contribution in [0, 0.1) is 23.6 Å². The lowest BCUT2D eigenvalue weighted by molar-refractivity contribution is -0.0932. The molecule has 0 bridgehead atoms. The molecule has 0 spiro atoms. The van der Waals surface area contributed by atoms with Gasteiger partial charge in [0, 0.05) is 43.2 Å². The van der Waals surface area contributed by atoms with Crippen molar-refractivity contribution in [3.63, 3.8) is 0 Å². The van der Waals surface area contributed by atoms with Crippen LogP contribution in [0.3, 0.4) is 0 Å². The summed E-state index contributed by atoms with van der Waals surface area (Å²) in [4.78, 5) is 14.6. The molecule has 2 aromatic rings. The molecule has 0 radical (unpaired) electrons. The average molecular weight is 532 g/mol. The zero-order valence-electron chi connectivity index (χ0n) is 23.1. The van der Waals surface area contributed by atoms with Crippen LogP contribution in [0.1, 0.15) is 76.2 Å². The molecule has 7 nitrogen and oxygen atoms in total. The van der Waals surface area contributed by atoms with Crippen LogP contribution in [0.4, 0.5) is 9.18 Å². The van der Waals surface area contributed by atoms with Crippen LogP contribution in [0.15, 0.2) is 28.9 Å². The molecule has 4 N–H and O–H groups in total. The van der Waals surface area contributed by atoms with Gasteiger partial charge >= 0.3 is 6.03 Å². The molecular weight excluding hydrogens is 485 g/mol. The molecule has 1 aliphatic carbocycles. The molecule has 8 heteroatoms. The molecular formula is C30H46FN3O4. The molecule has 2 unspecified atom stereocenters. The molecule has 2 fully saturated rings. The minimum Gasteiger partial charge on any atom is -0.464 e. The molecule has 1 aliphatic heterocycles. The van der Waals surface area contributed by atoms with Crippen molar-refractivity contribution in [3.05, 3.63) is 35.8 Å². The van der Waals surface area contributed by atoms with Crippen molar-refractivity contribution in [1.82, 2.24) is 10.2 Å². The van der Waals surface area contributed by atoms with Crippen molar-refractivity contribution in [2.45, 2.75) is 82.3 Å². The first-order chi connectivity index (χ1) is 18.4. The number of rotatable bonds is 12. The number of hydrogen-bond acceptors (Lipinski definition) is 5. The summed E-state index contributed by atoms with van der Waals surface area (Å²) in [6.45, 7) is 1.88. The predicted octanol–water partition coefficient (Wildman–Crippen LogP) is 5.54. The van der Waals surface area contributed by atoms with Gasteiger partial charge in [-0.1, -0.05) is 32.1 Å². The van der Waals surface area contributed by atoms with Gasteiger partial charge < -0.3 is 30.2 Å². The highest BCUT2D eigenvalue weighted by Gasteiger charge is 2.50. The number of carbonyl (C=O) groups is 1. The van der Waals surface area contributed by atoms with Gasteiger partial charge in [-0.3, -0.25) is 0 Å². The Balaban J connectivity index is 1.79. The summed E-state index contributed by atoms with van der Waals surface area (Å²) in [6.07, 6.45) is 12.0. The SMILES string of the molecule is CNC[C@H](CC1CCCCC1)C1C([C@@](O)(CCCCOC)c2cc(F)cc3ccoc23)CCCN1C(N)=O. The van der Waals surface area contributed by atoms with Gasteiger partial charge in [0.2, 0.25) is 0 Å². The number of hydrogen-bond donors (Lipinski definition) is 3. The van der Waals surface area contributed by atoms with Crippen molar-refractivity contribution < 1.29 is 23.4 Å². The number of unbranched alkanes of at least 4 members (excludes halogenated alkanes) is 1. The molecule has 212 valence electrons. The fraction of sp³-hybridized carbons (Fsp3) is 0.700. The molecule has 2 heterocycles. The first-order valence-corrected chi connectivity index (χ1v) is 14.5. The first kappa shape index (κ1) is 28.8. The zero-order chi connectivity index (χ0) is 27.1. The molecule has 1 saturated carbocycles. The van der Waals surface area contributed by atoms with Gasteiger partial charge in [0.05, 0.1) is 11.9 Å². The Morgan fingerprint density at radius 3 is 2.76 bits per heavy atom. The van der Waals surface area contributed by atoms with Crippen LogP contribution >= 0.6 is 0 Å². The maximum absolute atomic E-state index is 14.9. The molecule has 38 heavy (non-hydrogen) atoms. The van der Waals surface area contributed by atoms with Crippen LogP contribution in [-0.2, 0) is 10.3 Å². The summed E-state index contributed by atoms with van der Waals surface area (Å²) in [6, 6.07) is 3.88. The van der Waals surface area contributed by atoms with Gasteiger partial charge in [-0.25, -0.2) is 9.18 Å². The Bertz CT molecular complexity index is 1040. The Kier molecular flexibility index (Phi) is 10.1. The van der Waals surface area contributed by atoms with E-state index >= 15 is 0 Å². The molecule has 4 atom stereocenters. The van der Waals surface area contributed by atoms with E-state index < -0.39 is 17.4 Å². The number of fused-ring (bicyclic) bond motifs is 1. The summed E-state index contributed by atoms with van der Waals surface area (Å²) < 4.78 is 26.0. The minimum absolute atomic E-state index is 0.118. The summed E-state index contributed by atoms with van der Waals surface area (Å²) in [5.41, 5.74) is 5.57.